The van der Waals surface area contributed by atoms with E-state index in [9.17, 15) is 13.2 Å². The summed E-state index contributed by atoms with van der Waals surface area (Å²) in [4.78, 5) is 12.0. The van der Waals surface area contributed by atoms with Gasteiger partial charge in [0.2, 0.25) is 5.91 Å². The molecule has 126 valence electrons. The third-order valence-corrected chi connectivity index (χ3v) is 5.91. The number of nitrogens with zero attached hydrogens (tertiary/aromatic N) is 1. The summed E-state index contributed by atoms with van der Waals surface area (Å²) in [6, 6.07) is 15.3. The lowest BCUT2D eigenvalue weighted by Crippen LogP contribution is -2.30. The number of anilines is 2. The minimum atomic E-state index is -3.63. The lowest BCUT2D eigenvalue weighted by Gasteiger charge is -2.23. The van der Waals surface area contributed by atoms with Gasteiger partial charge in [-0.3, -0.25) is 9.10 Å². The molecule has 0 spiro atoms. The number of carbonyl (C=O) groups excluding carboxylic acids is 1. The molecule has 1 aliphatic carbocycles. The van der Waals surface area contributed by atoms with Crippen molar-refractivity contribution in [2.75, 3.05) is 16.2 Å². The number of para-hydroxylation sites is 1. The van der Waals surface area contributed by atoms with Crippen LogP contribution < -0.4 is 9.62 Å². The summed E-state index contributed by atoms with van der Waals surface area (Å²) >= 11 is 0. The van der Waals surface area contributed by atoms with Crippen LogP contribution in [-0.2, 0) is 14.8 Å². The lowest BCUT2D eigenvalue weighted by atomic mass is 10.3. The van der Waals surface area contributed by atoms with Crippen LogP contribution in [0.3, 0.4) is 0 Å². The normalized spacial score (nSPS) is 14.2. The number of benzene rings is 2. The minimum absolute atomic E-state index is 0.00470. The second-order valence-electron chi connectivity index (χ2n) is 5.79. The van der Waals surface area contributed by atoms with E-state index in [1.807, 2.05) is 18.2 Å². The molecule has 0 aliphatic heterocycles. The van der Waals surface area contributed by atoms with Gasteiger partial charge >= 0.3 is 0 Å². The highest BCUT2D eigenvalue weighted by atomic mass is 32.2. The summed E-state index contributed by atoms with van der Waals surface area (Å²) in [5, 5.41) is 2.81. The zero-order chi connectivity index (χ0) is 17.2. The molecule has 0 saturated heterocycles. The fraction of sp³-hybridized carbons (Fsp3) is 0.278. The largest absolute Gasteiger partial charge is 0.326 e. The Morgan fingerprint density at radius 2 is 1.71 bits per heavy atom. The van der Waals surface area contributed by atoms with Crippen molar-refractivity contribution in [1.82, 2.24) is 0 Å². The van der Waals surface area contributed by atoms with Crippen molar-refractivity contribution in [2.24, 2.45) is 5.92 Å². The molecule has 1 saturated carbocycles. The first-order valence-electron chi connectivity index (χ1n) is 8.01. The van der Waals surface area contributed by atoms with E-state index in [-0.39, 0.29) is 16.7 Å². The number of carbonyl (C=O) groups is 1. The van der Waals surface area contributed by atoms with Crippen LogP contribution in [0.4, 0.5) is 11.4 Å². The highest BCUT2D eigenvalue weighted by Gasteiger charge is 2.29. The fourth-order valence-electron chi connectivity index (χ4n) is 2.51. The van der Waals surface area contributed by atoms with Crippen LogP contribution in [0.15, 0.2) is 59.5 Å². The summed E-state index contributed by atoms with van der Waals surface area (Å²) in [5.74, 6) is 0.118. The molecular weight excluding hydrogens is 324 g/mol. The molecule has 1 aliphatic rings. The number of sulfonamides is 1. The van der Waals surface area contributed by atoms with E-state index < -0.39 is 10.0 Å². The van der Waals surface area contributed by atoms with Crippen molar-refractivity contribution >= 4 is 27.3 Å². The first-order valence-corrected chi connectivity index (χ1v) is 9.45. The molecule has 24 heavy (non-hydrogen) atoms. The molecule has 1 N–H and O–H groups in total. The Morgan fingerprint density at radius 3 is 2.25 bits per heavy atom. The van der Waals surface area contributed by atoms with Crippen LogP contribution in [0.25, 0.3) is 0 Å². The van der Waals surface area contributed by atoms with Gasteiger partial charge in [0.05, 0.1) is 10.6 Å². The third kappa shape index (κ3) is 3.43. The van der Waals surface area contributed by atoms with E-state index in [0.717, 1.165) is 12.8 Å². The predicted molar refractivity (Wildman–Crippen MR) is 94.4 cm³/mol. The molecule has 0 radical (unpaired) electrons. The highest BCUT2D eigenvalue weighted by Crippen LogP contribution is 2.30. The van der Waals surface area contributed by atoms with Gasteiger partial charge in [-0.2, -0.15) is 0 Å². The molecule has 3 rings (SSSR count). The molecule has 0 bridgehead atoms. The Bertz CT molecular complexity index is 813. The molecule has 2 aromatic carbocycles. The van der Waals surface area contributed by atoms with Crippen LogP contribution in [0, 0.1) is 5.92 Å². The number of hydrogen-bond acceptors (Lipinski definition) is 3. The molecule has 0 aromatic heterocycles. The number of rotatable bonds is 6. The van der Waals surface area contributed by atoms with Crippen molar-refractivity contribution in [1.29, 1.82) is 0 Å². The zero-order valence-electron chi connectivity index (χ0n) is 13.5. The van der Waals surface area contributed by atoms with Crippen LogP contribution >= 0.6 is 0 Å². The maximum absolute atomic E-state index is 12.9. The molecule has 2 aromatic rings. The quantitative estimate of drug-likeness (QED) is 0.875. The second-order valence-corrected chi connectivity index (χ2v) is 7.66. The lowest BCUT2D eigenvalue weighted by molar-refractivity contribution is -0.117. The average molecular weight is 344 g/mol. The minimum Gasteiger partial charge on any atom is -0.326 e. The van der Waals surface area contributed by atoms with E-state index in [4.69, 9.17) is 0 Å². The monoisotopic (exact) mass is 344 g/mol. The first kappa shape index (κ1) is 16.5. The van der Waals surface area contributed by atoms with Gasteiger partial charge in [-0.15, -0.1) is 0 Å². The van der Waals surface area contributed by atoms with Crippen LogP contribution in [0.5, 0.6) is 0 Å². The molecule has 1 amide bonds. The standard InChI is InChI=1S/C18H20N2O3S/c1-2-20(16-6-4-3-5-7-16)24(22,23)17-12-10-15(11-13-17)19-18(21)14-8-9-14/h3-7,10-14H,2,8-9H2,1H3,(H,19,21). The topological polar surface area (TPSA) is 66.5 Å². The Labute approximate surface area is 142 Å². The molecule has 0 atom stereocenters. The maximum atomic E-state index is 12.9. The first-order chi connectivity index (χ1) is 11.5. The van der Waals surface area contributed by atoms with E-state index in [0.29, 0.717) is 17.9 Å². The van der Waals surface area contributed by atoms with Gasteiger partial charge in [-0.05, 0) is 56.2 Å². The maximum Gasteiger partial charge on any atom is 0.264 e. The van der Waals surface area contributed by atoms with Gasteiger partial charge in [-0.25, -0.2) is 8.42 Å². The van der Waals surface area contributed by atoms with Gasteiger partial charge in [0.1, 0.15) is 0 Å². The van der Waals surface area contributed by atoms with Crippen molar-refractivity contribution in [2.45, 2.75) is 24.7 Å². The van der Waals surface area contributed by atoms with E-state index in [1.54, 1.807) is 31.2 Å². The molecule has 1 fully saturated rings. The number of hydrogen-bond donors (Lipinski definition) is 1. The van der Waals surface area contributed by atoms with E-state index in [1.165, 1.54) is 16.4 Å². The summed E-state index contributed by atoms with van der Waals surface area (Å²) in [7, 11) is -3.63. The number of amides is 1. The third-order valence-electron chi connectivity index (χ3n) is 3.99. The van der Waals surface area contributed by atoms with Gasteiger partial charge in [0, 0.05) is 18.2 Å². The molecule has 6 heteroatoms. The van der Waals surface area contributed by atoms with Crippen molar-refractivity contribution in [3.63, 3.8) is 0 Å². The molecule has 5 nitrogen and oxygen atoms in total. The van der Waals surface area contributed by atoms with Crippen LogP contribution in [0.2, 0.25) is 0 Å². The Kier molecular flexibility index (Phi) is 4.57. The van der Waals surface area contributed by atoms with Gasteiger partial charge in [0.15, 0.2) is 0 Å². The SMILES string of the molecule is CCN(c1ccccc1)S(=O)(=O)c1ccc(NC(=O)C2CC2)cc1. The Hall–Kier alpha value is -2.34. The van der Waals surface area contributed by atoms with Gasteiger partial charge in [0.25, 0.3) is 10.0 Å². The number of nitrogens with one attached hydrogen (secondary N) is 1. The average Bonchev–Trinajstić information content (AvgIpc) is 3.42. The zero-order valence-corrected chi connectivity index (χ0v) is 14.3. The van der Waals surface area contributed by atoms with Crippen molar-refractivity contribution in [3.8, 4) is 0 Å². The van der Waals surface area contributed by atoms with Gasteiger partial charge < -0.3 is 5.32 Å². The predicted octanol–water partition coefficient (Wildman–Crippen LogP) is 3.25. The summed E-state index contributed by atoms with van der Waals surface area (Å²) in [5.41, 5.74) is 1.25. The summed E-state index contributed by atoms with van der Waals surface area (Å²) in [6.45, 7) is 2.14. The van der Waals surface area contributed by atoms with Crippen molar-refractivity contribution in [3.05, 3.63) is 54.6 Å². The van der Waals surface area contributed by atoms with E-state index >= 15 is 0 Å². The highest BCUT2D eigenvalue weighted by molar-refractivity contribution is 7.92. The van der Waals surface area contributed by atoms with E-state index in [2.05, 4.69) is 5.32 Å². The summed E-state index contributed by atoms with van der Waals surface area (Å²) < 4.78 is 27.1. The van der Waals surface area contributed by atoms with Crippen LogP contribution in [0.1, 0.15) is 19.8 Å². The van der Waals surface area contributed by atoms with Crippen molar-refractivity contribution < 1.29 is 13.2 Å². The second kappa shape index (κ2) is 6.65. The fourth-order valence-corrected chi connectivity index (χ4v) is 3.99. The molecule has 0 heterocycles. The molecule has 0 unspecified atom stereocenters. The Balaban J connectivity index is 1.82. The smallest absolute Gasteiger partial charge is 0.264 e. The summed E-state index contributed by atoms with van der Waals surface area (Å²) in [6.07, 6.45) is 1.86. The molecular formula is C18H20N2O3S. The Morgan fingerprint density at radius 1 is 1.08 bits per heavy atom. The van der Waals surface area contributed by atoms with Crippen LogP contribution in [-0.4, -0.2) is 20.9 Å². The van der Waals surface area contributed by atoms with Gasteiger partial charge in [-0.1, -0.05) is 18.2 Å².